The number of hydrogen-bond donors (Lipinski definition) is 0. The van der Waals surface area contributed by atoms with Crippen molar-refractivity contribution in [2.45, 2.75) is 0 Å². The second-order valence-electron chi connectivity index (χ2n) is 5.14. The second kappa shape index (κ2) is 5.12. The van der Waals surface area contributed by atoms with E-state index in [1.807, 2.05) is 0 Å². The molecule has 9 heteroatoms. The lowest BCUT2D eigenvalue weighted by molar-refractivity contribution is -0.358. The van der Waals surface area contributed by atoms with Gasteiger partial charge in [-0.15, -0.1) is 0 Å². The van der Waals surface area contributed by atoms with Gasteiger partial charge in [0.05, 0.1) is 15.2 Å². The summed E-state index contributed by atoms with van der Waals surface area (Å²) in [5.74, 6) is 0. The highest BCUT2D eigenvalue weighted by Crippen LogP contribution is 2.43. The van der Waals surface area contributed by atoms with Crippen LogP contribution in [0.15, 0.2) is 53.0 Å². The van der Waals surface area contributed by atoms with Gasteiger partial charge in [0.25, 0.3) is 0 Å². The molecule has 0 unspecified atom stereocenters. The molecule has 0 amide bonds. The Kier molecular flexibility index (Phi) is 3.41. The Bertz CT molecular complexity index is 949. The molecule has 2 aromatic heterocycles. The minimum atomic E-state index is -4.02. The molecule has 2 aliphatic rings. The second-order valence-corrected chi connectivity index (χ2v) is 7.17. The molecule has 0 saturated carbocycles. The minimum Gasteiger partial charge on any atom is -0.389 e. The normalized spacial score (nSPS) is 18.5. The zero-order valence-electron chi connectivity index (χ0n) is 11.4. The molecule has 4 rings (SSSR count). The highest BCUT2D eigenvalue weighted by molar-refractivity contribution is 9.18. The first-order valence-electron chi connectivity index (χ1n) is 6.66. The molecule has 23 heavy (non-hydrogen) atoms. The van der Waals surface area contributed by atoms with Crippen molar-refractivity contribution in [2.24, 2.45) is 0 Å². The number of pyridine rings is 1. The van der Waals surface area contributed by atoms with Gasteiger partial charge in [-0.25, -0.2) is 0 Å². The highest BCUT2D eigenvalue weighted by Gasteiger charge is 2.54. The number of hydrogen-bond acceptors (Lipinski definition) is 1. The van der Waals surface area contributed by atoms with Crippen LogP contribution in [0.4, 0.5) is 8.63 Å². The molecule has 3 nitrogen and oxygen atoms in total. The number of aromatic nitrogens is 2. The average Bonchev–Trinajstić information content (AvgIpc) is 3.06. The quantitative estimate of drug-likeness (QED) is 0.566. The van der Waals surface area contributed by atoms with Crippen LogP contribution in [0.1, 0.15) is 11.3 Å². The number of fused-ring (bicyclic) bond motifs is 2. The van der Waals surface area contributed by atoms with Crippen LogP contribution in [-0.2, 0) is 0 Å². The van der Waals surface area contributed by atoms with Crippen molar-refractivity contribution in [2.75, 3.05) is 0 Å². The zero-order chi connectivity index (χ0) is 16.4. The Labute approximate surface area is 152 Å². The van der Waals surface area contributed by atoms with Crippen molar-refractivity contribution in [3.8, 4) is 0 Å². The smallest absolute Gasteiger partial charge is 0.389 e. The van der Waals surface area contributed by atoms with Crippen LogP contribution in [0.25, 0.3) is 5.57 Å². The number of rotatable bonds is 1. The van der Waals surface area contributed by atoms with Crippen molar-refractivity contribution in [1.29, 1.82) is 0 Å². The summed E-state index contributed by atoms with van der Waals surface area (Å²) in [7, 11) is 0. The summed E-state index contributed by atoms with van der Waals surface area (Å²) < 4.78 is 32.7. The predicted octanol–water partition coefficient (Wildman–Crippen LogP) is 4.67. The Morgan fingerprint density at radius 1 is 1.17 bits per heavy atom. The fourth-order valence-electron chi connectivity index (χ4n) is 2.99. The summed E-state index contributed by atoms with van der Waals surface area (Å²) in [5.41, 5.74) is 2.12. The van der Waals surface area contributed by atoms with Gasteiger partial charge in [-0.1, -0.05) is 11.6 Å². The van der Waals surface area contributed by atoms with Gasteiger partial charge in [-0.05, 0) is 34.1 Å². The van der Waals surface area contributed by atoms with Gasteiger partial charge in [0.2, 0.25) is 4.62 Å². The molecular formula is C14H7BBr2ClF2N3. The first kappa shape index (κ1) is 15.3. The molecular weight excluding hydrogens is 454 g/mol. The number of nitrogens with zero attached hydrogens (tertiary/aromatic N) is 3. The topological polar surface area (TPSA) is 20.8 Å². The molecule has 0 saturated heterocycles. The molecule has 0 bridgehead atoms. The van der Waals surface area contributed by atoms with E-state index in [9.17, 15) is 0 Å². The number of halogens is 5. The van der Waals surface area contributed by atoms with E-state index in [0.29, 0.717) is 36.8 Å². The lowest BCUT2D eigenvalue weighted by Crippen LogP contribution is -2.50. The van der Waals surface area contributed by atoms with E-state index >= 15 is 8.63 Å². The Balaban J connectivity index is 2.15. The van der Waals surface area contributed by atoms with Crippen LogP contribution in [0, 0.1) is 0 Å². The Morgan fingerprint density at radius 2 is 1.96 bits per heavy atom. The van der Waals surface area contributed by atoms with Crippen LogP contribution >= 0.6 is 43.5 Å². The van der Waals surface area contributed by atoms with Gasteiger partial charge >= 0.3 is 6.97 Å². The van der Waals surface area contributed by atoms with Gasteiger partial charge in [0, 0.05) is 51.7 Å². The van der Waals surface area contributed by atoms with E-state index < -0.39 is 6.97 Å². The predicted molar refractivity (Wildman–Crippen MR) is 94.1 cm³/mol. The third kappa shape index (κ3) is 2.04. The van der Waals surface area contributed by atoms with E-state index in [2.05, 4.69) is 36.8 Å². The van der Waals surface area contributed by atoms with Gasteiger partial charge in [-0.2, -0.15) is 0 Å². The Hall–Kier alpha value is -1.25. The summed E-state index contributed by atoms with van der Waals surface area (Å²) in [6.45, 7) is -4.02. The molecule has 0 atom stereocenters. The molecule has 0 aromatic carbocycles. The van der Waals surface area contributed by atoms with Crippen molar-refractivity contribution >= 4 is 60.6 Å². The van der Waals surface area contributed by atoms with E-state index in [0.717, 1.165) is 8.96 Å². The van der Waals surface area contributed by atoms with Crippen molar-refractivity contribution in [1.82, 2.24) is 9.46 Å². The van der Waals surface area contributed by atoms with Gasteiger partial charge < -0.3 is 17.6 Å². The maximum atomic E-state index is 15.0. The first-order valence-corrected chi connectivity index (χ1v) is 8.63. The molecule has 2 aliphatic heterocycles. The van der Waals surface area contributed by atoms with Crippen LogP contribution < -0.4 is 0 Å². The molecule has 0 radical (unpaired) electrons. The maximum absolute atomic E-state index is 15.0. The fraction of sp³-hybridized carbons (Fsp3) is 0. The summed E-state index contributed by atoms with van der Waals surface area (Å²) in [6, 6.07) is 5.00. The lowest BCUT2D eigenvalue weighted by Gasteiger charge is -2.32. The summed E-state index contributed by atoms with van der Waals surface area (Å²) >= 11 is 12.7. The molecule has 0 N–H and O–H groups in total. The average molecular weight is 461 g/mol. The molecule has 4 heterocycles. The number of allylic oxidation sites excluding steroid dienone is 2. The molecule has 0 spiro atoms. The molecule has 116 valence electrons. The van der Waals surface area contributed by atoms with Gasteiger partial charge in [0.15, 0.2) is 5.70 Å². The van der Waals surface area contributed by atoms with E-state index in [4.69, 9.17) is 11.6 Å². The van der Waals surface area contributed by atoms with Crippen LogP contribution in [0.5, 0.6) is 0 Å². The highest BCUT2D eigenvalue weighted by atomic mass is 79.9. The van der Waals surface area contributed by atoms with Crippen LogP contribution in [0.3, 0.4) is 0 Å². The first-order chi connectivity index (χ1) is 10.9. The van der Waals surface area contributed by atoms with Gasteiger partial charge in [-0.3, -0.25) is 4.98 Å². The summed E-state index contributed by atoms with van der Waals surface area (Å²) in [5, 5.41) is 0.410. The Morgan fingerprint density at radius 3 is 2.70 bits per heavy atom. The van der Waals surface area contributed by atoms with Crippen LogP contribution in [-0.4, -0.2) is 25.5 Å². The third-order valence-electron chi connectivity index (χ3n) is 3.91. The van der Waals surface area contributed by atoms with E-state index in [1.54, 1.807) is 36.5 Å². The lowest BCUT2D eigenvalue weighted by atomic mass is 9.87. The summed E-state index contributed by atoms with van der Waals surface area (Å²) in [4.78, 5) is 3.97. The third-order valence-corrected chi connectivity index (χ3v) is 5.51. The molecule has 2 aromatic rings. The van der Waals surface area contributed by atoms with Gasteiger partial charge in [0.1, 0.15) is 0 Å². The minimum absolute atomic E-state index is 0.312. The van der Waals surface area contributed by atoms with Crippen LogP contribution in [0.2, 0.25) is 5.02 Å². The van der Waals surface area contributed by atoms with E-state index in [1.165, 1.54) is 6.20 Å². The fourth-order valence-corrected chi connectivity index (χ4v) is 4.34. The molecule has 0 aliphatic carbocycles. The maximum Gasteiger partial charge on any atom is 0.738 e. The monoisotopic (exact) mass is 459 g/mol. The van der Waals surface area contributed by atoms with Crippen molar-refractivity contribution in [3.05, 3.63) is 69.3 Å². The molecule has 0 fully saturated rings. The van der Waals surface area contributed by atoms with Crippen molar-refractivity contribution < 1.29 is 13.1 Å². The summed E-state index contributed by atoms with van der Waals surface area (Å²) in [6.07, 6.45) is 6.37. The van der Waals surface area contributed by atoms with Crippen molar-refractivity contribution in [3.63, 3.8) is 0 Å². The standard InChI is InChI=1S/C14H7BBr2ClF2N3/c16-12-3-1-10-14(8-5-6-21-7-9(8)18)11-2-4-13(17)23(11)15(19,20)22(10)12/h1-7H. The SMILES string of the molecule is F[B-]1(F)n2c(Br)ccc2C(c2ccncc2Cl)=C2C=CC(Br)=[N+]21. The largest absolute Gasteiger partial charge is 0.738 e. The zero-order valence-corrected chi connectivity index (χ0v) is 15.3. The van der Waals surface area contributed by atoms with E-state index in [-0.39, 0.29) is 0 Å².